The van der Waals surface area contributed by atoms with E-state index in [-0.39, 0.29) is 12.5 Å². The van der Waals surface area contributed by atoms with Crippen LogP contribution in [0.3, 0.4) is 0 Å². The average Bonchev–Trinajstić information content (AvgIpc) is 2.36. The van der Waals surface area contributed by atoms with Crippen LogP contribution in [0.2, 0.25) is 0 Å². The fourth-order valence-electron chi connectivity index (χ4n) is 1.49. The van der Waals surface area contributed by atoms with E-state index >= 15 is 0 Å². The van der Waals surface area contributed by atoms with Crippen molar-refractivity contribution in [2.45, 2.75) is 13.8 Å². The number of ether oxygens (including phenoxy) is 1. The van der Waals surface area contributed by atoms with Gasteiger partial charge >= 0.3 is 0 Å². The summed E-state index contributed by atoms with van der Waals surface area (Å²) in [6.45, 7) is 5.02. The minimum atomic E-state index is -0.0335. The first-order valence-corrected chi connectivity index (χ1v) is 6.22. The van der Waals surface area contributed by atoms with E-state index in [2.05, 4.69) is 24.1 Å². The SMILES string of the molecule is COc1nc(N(C)CC(=O)NCC(C)C)ccc1N. The Morgan fingerprint density at radius 2 is 2.21 bits per heavy atom. The number of methoxy groups -OCH3 is 1. The molecule has 3 N–H and O–H groups in total. The third-order valence-electron chi connectivity index (χ3n) is 2.55. The van der Waals surface area contributed by atoms with Crippen LogP contribution in [0, 0.1) is 5.92 Å². The molecule has 0 spiro atoms. The zero-order valence-electron chi connectivity index (χ0n) is 11.9. The second-order valence-corrected chi connectivity index (χ2v) is 4.82. The summed E-state index contributed by atoms with van der Waals surface area (Å²) in [5, 5.41) is 2.86. The van der Waals surface area contributed by atoms with Gasteiger partial charge in [-0.25, -0.2) is 0 Å². The van der Waals surface area contributed by atoms with Crippen LogP contribution < -0.4 is 20.7 Å². The van der Waals surface area contributed by atoms with E-state index in [1.165, 1.54) is 7.11 Å². The van der Waals surface area contributed by atoms with Gasteiger partial charge in [0.2, 0.25) is 11.8 Å². The fourth-order valence-corrected chi connectivity index (χ4v) is 1.49. The first-order chi connectivity index (χ1) is 8.93. The van der Waals surface area contributed by atoms with E-state index in [0.717, 1.165) is 0 Å². The molecule has 1 aromatic rings. The highest BCUT2D eigenvalue weighted by Crippen LogP contribution is 2.21. The fraction of sp³-hybridized carbons (Fsp3) is 0.538. The maximum Gasteiger partial charge on any atom is 0.239 e. The largest absolute Gasteiger partial charge is 0.479 e. The van der Waals surface area contributed by atoms with Gasteiger partial charge in [-0.15, -0.1) is 0 Å². The first-order valence-electron chi connectivity index (χ1n) is 6.22. The summed E-state index contributed by atoms with van der Waals surface area (Å²) in [7, 11) is 3.31. The lowest BCUT2D eigenvalue weighted by molar-refractivity contribution is -0.119. The number of nitrogen functional groups attached to an aromatic ring is 1. The molecular formula is C13H22N4O2. The smallest absolute Gasteiger partial charge is 0.239 e. The molecule has 0 fully saturated rings. The van der Waals surface area contributed by atoms with Crippen LogP contribution in [0.15, 0.2) is 12.1 Å². The van der Waals surface area contributed by atoms with Crippen molar-refractivity contribution in [2.24, 2.45) is 5.92 Å². The monoisotopic (exact) mass is 266 g/mol. The van der Waals surface area contributed by atoms with Gasteiger partial charge in [0.15, 0.2) is 0 Å². The van der Waals surface area contributed by atoms with Crippen LogP contribution in [0.25, 0.3) is 0 Å². The van der Waals surface area contributed by atoms with Gasteiger partial charge in [-0.2, -0.15) is 4.98 Å². The highest BCUT2D eigenvalue weighted by atomic mass is 16.5. The predicted molar refractivity (Wildman–Crippen MR) is 76.3 cm³/mol. The number of nitrogens with two attached hydrogens (primary N) is 1. The van der Waals surface area contributed by atoms with E-state index in [0.29, 0.717) is 29.8 Å². The van der Waals surface area contributed by atoms with Crippen molar-refractivity contribution in [3.63, 3.8) is 0 Å². The van der Waals surface area contributed by atoms with Crippen LogP contribution >= 0.6 is 0 Å². The van der Waals surface area contributed by atoms with Gasteiger partial charge in [-0.1, -0.05) is 13.8 Å². The second kappa shape index (κ2) is 6.82. The van der Waals surface area contributed by atoms with Gasteiger partial charge in [0.05, 0.1) is 19.3 Å². The van der Waals surface area contributed by atoms with Crippen LogP contribution in [-0.4, -0.2) is 38.1 Å². The summed E-state index contributed by atoms with van der Waals surface area (Å²) in [5.41, 5.74) is 6.17. The molecule has 0 aromatic carbocycles. The van der Waals surface area contributed by atoms with Gasteiger partial charge in [-0.3, -0.25) is 4.79 Å². The van der Waals surface area contributed by atoms with Crippen molar-refractivity contribution in [3.8, 4) is 5.88 Å². The van der Waals surface area contributed by atoms with Gasteiger partial charge in [-0.05, 0) is 18.1 Å². The van der Waals surface area contributed by atoms with Gasteiger partial charge < -0.3 is 20.7 Å². The summed E-state index contributed by atoms with van der Waals surface area (Å²) in [4.78, 5) is 17.7. The van der Waals surface area contributed by atoms with Crippen molar-refractivity contribution >= 4 is 17.4 Å². The number of likely N-dealkylation sites (N-methyl/N-ethyl adjacent to an activating group) is 1. The topological polar surface area (TPSA) is 80.5 Å². The van der Waals surface area contributed by atoms with Crippen LogP contribution in [-0.2, 0) is 4.79 Å². The Labute approximate surface area is 113 Å². The van der Waals surface area contributed by atoms with Crippen molar-refractivity contribution in [1.29, 1.82) is 0 Å². The Morgan fingerprint density at radius 3 is 2.79 bits per heavy atom. The highest BCUT2D eigenvalue weighted by Gasteiger charge is 2.11. The number of pyridine rings is 1. The summed E-state index contributed by atoms with van der Waals surface area (Å²) in [6, 6.07) is 3.47. The van der Waals surface area contributed by atoms with Crippen LogP contribution in [0.4, 0.5) is 11.5 Å². The summed E-state index contributed by atoms with van der Waals surface area (Å²) in [6.07, 6.45) is 0. The number of amides is 1. The highest BCUT2D eigenvalue weighted by molar-refractivity contribution is 5.81. The molecule has 0 radical (unpaired) electrons. The Morgan fingerprint density at radius 1 is 1.53 bits per heavy atom. The summed E-state index contributed by atoms with van der Waals surface area (Å²) in [5.74, 6) is 1.41. The normalized spacial score (nSPS) is 10.4. The Hall–Kier alpha value is -1.98. The molecule has 0 aliphatic carbocycles. The lowest BCUT2D eigenvalue weighted by Gasteiger charge is -2.19. The molecule has 1 aromatic heterocycles. The third kappa shape index (κ3) is 4.65. The predicted octanol–water partition coefficient (Wildman–Crippen LogP) is 0.881. The minimum Gasteiger partial charge on any atom is -0.479 e. The van der Waals surface area contributed by atoms with Crippen molar-refractivity contribution in [3.05, 3.63) is 12.1 Å². The zero-order valence-corrected chi connectivity index (χ0v) is 11.9. The second-order valence-electron chi connectivity index (χ2n) is 4.82. The Bertz CT molecular complexity index is 435. The maximum atomic E-state index is 11.7. The molecule has 1 rings (SSSR count). The lowest BCUT2D eigenvalue weighted by Crippen LogP contribution is -2.37. The molecule has 0 aliphatic heterocycles. The first kappa shape index (κ1) is 15.1. The average molecular weight is 266 g/mol. The van der Waals surface area contributed by atoms with Crippen molar-refractivity contribution in [1.82, 2.24) is 10.3 Å². The number of hydrogen-bond acceptors (Lipinski definition) is 5. The molecule has 19 heavy (non-hydrogen) atoms. The molecule has 1 amide bonds. The summed E-state index contributed by atoms with van der Waals surface area (Å²) < 4.78 is 5.06. The number of anilines is 2. The van der Waals surface area contributed by atoms with E-state index in [1.54, 1.807) is 24.1 Å². The molecule has 0 saturated carbocycles. The number of nitrogens with one attached hydrogen (secondary N) is 1. The molecule has 0 aliphatic rings. The molecular weight excluding hydrogens is 244 g/mol. The van der Waals surface area contributed by atoms with E-state index in [4.69, 9.17) is 10.5 Å². The Kier molecular flexibility index (Phi) is 5.41. The Balaban J connectivity index is 2.62. The molecule has 6 heteroatoms. The lowest BCUT2D eigenvalue weighted by atomic mass is 10.2. The van der Waals surface area contributed by atoms with Gasteiger partial charge in [0.25, 0.3) is 0 Å². The quantitative estimate of drug-likeness (QED) is 0.799. The van der Waals surface area contributed by atoms with Crippen LogP contribution in [0.1, 0.15) is 13.8 Å². The maximum absolute atomic E-state index is 11.7. The molecule has 0 saturated heterocycles. The number of nitrogens with zero attached hydrogens (tertiary/aromatic N) is 2. The van der Waals surface area contributed by atoms with Crippen molar-refractivity contribution in [2.75, 3.05) is 37.9 Å². The number of carbonyl (C=O) groups excluding carboxylic acids is 1. The van der Waals surface area contributed by atoms with E-state index < -0.39 is 0 Å². The van der Waals surface area contributed by atoms with Crippen molar-refractivity contribution < 1.29 is 9.53 Å². The standard InChI is InChI=1S/C13H22N4O2/c1-9(2)7-15-12(18)8-17(3)11-6-5-10(14)13(16-11)19-4/h5-6,9H,7-8,14H2,1-4H3,(H,15,18). The third-order valence-corrected chi connectivity index (χ3v) is 2.55. The van der Waals surface area contributed by atoms with Gasteiger partial charge in [0.1, 0.15) is 5.82 Å². The zero-order chi connectivity index (χ0) is 14.4. The van der Waals surface area contributed by atoms with Gasteiger partial charge in [0, 0.05) is 13.6 Å². The number of carbonyl (C=O) groups is 1. The number of aromatic nitrogens is 1. The summed E-state index contributed by atoms with van der Waals surface area (Å²) >= 11 is 0. The molecule has 106 valence electrons. The molecule has 0 bridgehead atoms. The number of rotatable bonds is 6. The molecule has 1 heterocycles. The van der Waals surface area contributed by atoms with E-state index in [1.807, 2.05) is 0 Å². The van der Waals surface area contributed by atoms with E-state index in [9.17, 15) is 4.79 Å². The minimum absolute atomic E-state index is 0.0335. The molecule has 6 nitrogen and oxygen atoms in total. The molecule has 0 atom stereocenters. The molecule has 0 unspecified atom stereocenters. The number of hydrogen-bond donors (Lipinski definition) is 2. The van der Waals surface area contributed by atoms with Crippen LogP contribution in [0.5, 0.6) is 5.88 Å².